The van der Waals surface area contributed by atoms with Crippen LogP contribution in [0.2, 0.25) is 0 Å². The van der Waals surface area contributed by atoms with E-state index in [-0.39, 0.29) is 17.9 Å². The van der Waals surface area contributed by atoms with Crippen LogP contribution in [0.3, 0.4) is 0 Å². The fourth-order valence-electron chi connectivity index (χ4n) is 4.20. The number of methoxy groups -OCH3 is 1. The molecule has 0 aromatic carbocycles. The monoisotopic (exact) mass is 359 g/mol. The molecule has 2 atom stereocenters. The number of amides is 2. The molecular weight excluding hydrogens is 330 g/mol. The van der Waals surface area contributed by atoms with Crippen LogP contribution in [-0.4, -0.2) is 66.0 Å². The second kappa shape index (κ2) is 9.12. The maximum Gasteiger partial charge on any atom is 0.222 e. The van der Waals surface area contributed by atoms with Crippen LogP contribution in [0.15, 0.2) is 24.5 Å². The number of likely N-dealkylation sites (tertiary alicyclic amines) is 2. The van der Waals surface area contributed by atoms with Gasteiger partial charge in [0.25, 0.3) is 0 Å². The number of piperidine rings is 2. The van der Waals surface area contributed by atoms with Crippen molar-refractivity contribution in [2.45, 2.75) is 44.6 Å². The van der Waals surface area contributed by atoms with Gasteiger partial charge in [-0.05, 0) is 43.2 Å². The Kier molecular flexibility index (Phi) is 6.61. The molecule has 0 radical (unpaired) electrons. The third kappa shape index (κ3) is 4.61. The van der Waals surface area contributed by atoms with Crippen molar-refractivity contribution in [3.63, 3.8) is 0 Å². The van der Waals surface area contributed by atoms with Crippen LogP contribution in [0.4, 0.5) is 0 Å². The van der Waals surface area contributed by atoms with Crippen LogP contribution in [-0.2, 0) is 20.7 Å². The predicted molar refractivity (Wildman–Crippen MR) is 98.5 cm³/mol. The minimum Gasteiger partial charge on any atom is -0.385 e. The summed E-state index contributed by atoms with van der Waals surface area (Å²) in [5.41, 5.74) is 1.10. The Morgan fingerprint density at radius 2 is 2.27 bits per heavy atom. The highest BCUT2D eigenvalue weighted by molar-refractivity contribution is 5.78. The molecule has 2 saturated heterocycles. The summed E-state index contributed by atoms with van der Waals surface area (Å²) in [5, 5.41) is 0. The highest BCUT2D eigenvalue weighted by Gasteiger charge is 2.39. The SMILES string of the molecule is COCCCN1C(=O)CC[C@H]2CN(C(=O)CCc3cccnc3)CC[C@H]21. The number of rotatable bonds is 7. The van der Waals surface area contributed by atoms with Gasteiger partial charge in [-0.25, -0.2) is 0 Å². The first-order chi connectivity index (χ1) is 12.7. The second-order valence-corrected chi connectivity index (χ2v) is 7.29. The number of carbonyl (C=O) groups is 2. The van der Waals surface area contributed by atoms with Crippen molar-refractivity contribution in [2.24, 2.45) is 5.92 Å². The van der Waals surface area contributed by atoms with E-state index in [0.29, 0.717) is 25.4 Å². The fraction of sp³-hybridized carbons (Fsp3) is 0.650. The van der Waals surface area contributed by atoms with Crippen molar-refractivity contribution in [2.75, 3.05) is 33.4 Å². The van der Waals surface area contributed by atoms with Gasteiger partial charge in [0, 0.05) is 64.6 Å². The van der Waals surface area contributed by atoms with Gasteiger partial charge in [0.1, 0.15) is 0 Å². The maximum absolute atomic E-state index is 12.6. The van der Waals surface area contributed by atoms with E-state index in [1.165, 1.54) is 0 Å². The first kappa shape index (κ1) is 18.8. The van der Waals surface area contributed by atoms with Crippen molar-refractivity contribution < 1.29 is 14.3 Å². The summed E-state index contributed by atoms with van der Waals surface area (Å²) in [6, 6.07) is 4.20. The van der Waals surface area contributed by atoms with E-state index in [1.807, 2.05) is 28.1 Å². The summed E-state index contributed by atoms with van der Waals surface area (Å²) in [6.07, 6.45) is 8.10. The molecule has 2 fully saturated rings. The average molecular weight is 359 g/mol. The number of hydrogen-bond acceptors (Lipinski definition) is 4. The Morgan fingerprint density at radius 1 is 1.38 bits per heavy atom. The van der Waals surface area contributed by atoms with Crippen LogP contribution in [0, 0.1) is 5.92 Å². The molecule has 26 heavy (non-hydrogen) atoms. The number of aromatic nitrogens is 1. The van der Waals surface area contributed by atoms with E-state index in [0.717, 1.165) is 50.9 Å². The molecule has 0 N–H and O–H groups in total. The largest absolute Gasteiger partial charge is 0.385 e. The minimum atomic E-state index is 0.218. The second-order valence-electron chi connectivity index (χ2n) is 7.29. The molecule has 1 aromatic rings. The summed E-state index contributed by atoms with van der Waals surface area (Å²) in [5.74, 6) is 0.889. The lowest BCUT2D eigenvalue weighted by atomic mass is 9.83. The van der Waals surface area contributed by atoms with Crippen LogP contribution >= 0.6 is 0 Å². The van der Waals surface area contributed by atoms with Gasteiger partial charge in [0.2, 0.25) is 11.8 Å². The molecule has 6 nitrogen and oxygen atoms in total. The lowest BCUT2D eigenvalue weighted by Gasteiger charge is -2.47. The van der Waals surface area contributed by atoms with E-state index in [4.69, 9.17) is 4.74 Å². The van der Waals surface area contributed by atoms with Gasteiger partial charge in [-0.15, -0.1) is 0 Å². The number of fused-ring (bicyclic) bond motifs is 1. The Labute approximate surface area is 155 Å². The summed E-state index contributed by atoms with van der Waals surface area (Å²) in [4.78, 5) is 33.1. The summed E-state index contributed by atoms with van der Waals surface area (Å²) >= 11 is 0. The smallest absolute Gasteiger partial charge is 0.222 e. The van der Waals surface area contributed by atoms with E-state index in [9.17, 15) is 9.59 Å². The number of ether oxygens (including phenoxy) is 1. The van der Waals surface area contributed by atoms with Gasteiger partial charge in [0.05, 0.1) is 0 Å². The van der Waals surface area contributed by atoms with Gasteiger partial charge in [-0.3, -0.25) is 14.6 Å². The molecule has 1 aromatic heterocycles. The first-order valence-corrected chi connectivity index (χ1v) is 9.64. The maximum atomic E-state index is 12.6. The van der Waals surface area contributed by atoms with Crippen LogP contribution in [0.5, 0.6) is 0 Å². The zero-order valence-corrected chi connectivity index (χ0v) is 15.6. The van der Waals surface area contributed by atoms with E-state index in [2.05, 4.69) is 4.98 Å². The highest BCUT2D eigenvalue weighted by Crippen LogP contribution is 2.31. The molecule has 142 valence electrons. The molecule has 3 heterocycles. The van der Waals surface area contributed by atoms with Crippen molar-refractivity contribution in [1.29, 1.82) is 0 Å². The number of nitrogens with zero attached hydrogens (tertiary/aromatic N) is 3. The fourth-order valence-corrected chi connectivity index (χ4v) is 4.20. The molecule has 0 spiro atoms. The quantitative estimate of drug-likeness (QED) is 0.698. The minimum absolute atomic E-state index is 0.218. The normalized spacial score (nSPS) is 23.0. The lowest BCUT2D eigenvalue weighted by Crippen LogP contribution is -2.57. The van der Waals surface area contributed by atoms with Crippen LogP contribution < -0.4 is 0 Å². The van der Waals surface area contributed by atoms with Gasteiger partial charge in [0.15, 0.2) is 0 Å². The first-order valence-electron chi connectivity index (χ1n) is 9.64. The van der Waals surface area contributed by atoms with E-state index >= 15 is 0 Å². The number of pyridine rings is 1. The van der Waals surface area contributed by atoms with Crippen LogP contribution in [0.1, 0.15) is 37.7 Å². The third-order valence-corrected chi connectivity index (χ3v) is 5.59. The van der Waals surface area contributed by atoms with Crippen molar-refractivity contribution in [1.82, 2.24) is 14.8 Å². The molecule has 0 aliphatic carbocycles. The topological polar surface area (TPSA) is 62.7 Å². The molecule has 2 aliphatic rings. The highest BCUT2D eigenvalue weighted by atomic mass is 16.5. The van der Waals surface area contributed by atoms with Gasteiger partial charge in [-0.2, -0.15) is 0 Å². The summed E-state index contributed by atoms with van der Waals surface area (Å²) < 4.78 is 5.12. The van der Waals surface area contributed by atoms with Gasteiger partial charge in [-0.1, -0.05) is 6.07 Å². The Balaban J connectivity index is 1.52. The number of carbonyl (C=O) groups excluding carboxylic acids is 2. The Bertz CT molecular complexity index is 608. The van der Waals surface area contributed by atoms with Gasteiger partial charge >= 0.3 is 0 Å². The molecular formula is C20H29N3O3. The summed E-state index contributed by atoms with van der Waals surface area (Å²) in [6.45, 7) is 2.98. The molecule has 0 saturated carbocycles. The van der Waals surface area contributed by atoms with Crippen molar-refractivity contribution >= 4 is 11.8 Å². The molecule has 2 amide bonds. The van der Waals surface area contributed by atoms with Crippen molar-refractivity contribution in [3.8, 4) is 0 Å². The molecule has 6 heteroatoms. The molecule has 0 unspecified atom stereocenters. The lowest BCUT2D eigenvalue weighted by molar-refractivity contribution is -0.144. The summed E-state index contributed by atoms with van der Waals surface area (Å²) in [7, 11) is 1.69. The standard InChI is InChI=1S/C20H29N3O3/c1-26-13-3-11-23-18-9-12-22(15-17(18)6-8-20(23)25)19(24)7-5-16-4-2-10-21-14-16/h2,4,10,14,17-18H,3,5-9,11-13,15H2,1H3/t17-,18+/m0/s1. The predicted octanol–water partition coefficient (Wildman–Crippen LogP) is 1.89. The molecule has 3 rings (SSSR count). The zero-order chi connectivity index (χ0) is 18.4. The number of hydrogen-bond donors (Lipinski definition) is 0. The zero-order valence-electron chi connectivity index (χ0n) is 15.6. The molecule has 0 bridgehead atoms. The van der Waals surface area contributed by atoms with Crippen LogP contribution in [0.25, 0.3) is 0 Å². The number of aryl methyl sites for hydroxylation is 1. The Hall–Kier alpha value is -1.95. The van der Waals surface area contributed by atoms with E-state index < -0.39 is 0 Å². The molecule has 2 aliphatic heterocycles. The third-order valence-electron chi connectivity index (χ3n) is 5.59. The van der Waals surface area contributed by atoms with Gasteiger partial charge < -0.3 is 14.5 Å². The average Bonchev–Trinajstić information content (AvgIpc) is 2.68. The van der Waals surface area contributed by atoms with Crippen molar-refractivity contribution in [3.05, 3.63) is 30.1 Å². The Morgan fingerprint density at radius 3 is 3.04 bits per heavy atom. The van der Waals surface area contributed by atoms with E-state index in [1.54, 1.807) is 13.3 Å².